The number of amides is 2. The number of carbonyl (C=O) groups is 2. The minimum atomic E-state index is -0.542. The summed E-state index contributed by atoms with van der Waals surface area (Å²) in [7, 11) is 0. The van der Waals surface area contributed by atoms with Gasteiger partial charge in [0.05, 0.1) is 20.9 Å². The van der Waals surface area contributed by atoms with Crippen molar-refractivity contribution in [3.05, 3.63) is 55.3 Å². The zero-order chi connectivity index (χ0) is 23.3. The lowest BCUT2D eigenvalue weighted by molar-refractivity contribution is -0.123. The SMILES string of the molecule is Cc1nn(Cc2noc(C(=O)NCCNC(=O)COc3ccc(Br)cc3Br)n2)c(C)c1Cl. The van der Waals surface area contributed by atoms with Crippen molar-refractivity contribution in [1.29, 1.82) is 0 Å². The van der Waals surface area contributed by atoms with Crippen LogP contribution >= 0.6 is 43.5 Å². The van der Waals surface area contributed by atoms with E-state index in [1.165, 1.54) is 0 Å². The fourth-order valence-electron chi connectivity index (χ4n) is 2.61. The molecule has 0 saturated heterocycles. The highest BCUT2D eigenvalue weighted by Gasteiger charge is 2.17. The summed E-state index contributed by atoms with van der Waals surface area (Å²) in [6.45, 7) is 4.08. The molecule has 0 spiro atoms. The fraction of sp³-hybridized carbons (Fsp3) is 0.316. The predicted molar refractivity (Wildman–Crippen MR) is 123 cm³/mol. The van der Waals surface area contributed by atoms with E-state index in [1.807, 2.05) is 19.1 Å². The molecular weight excluding hydrogens is 572 g/mol. The van der Waals surface area contributed by atoms with E-state index in [0.29, 0.717) is 22.3 Å². The van der Waals surface area contributed by atoms with Crippen LogP contribution in [0.5, 0.6) is 5.75 Å². The van der Waals surface area contributed by atoms with E-state index in [1.54, 1.807) is 17.7 Å². The van der Waals surface area contributed by atoms with E-state index in [0.717, 1.165) is 14.6 Å². The zero-order valence-corrected chi connectivity index (χ0v) is 21.0. The molecule has 2 aromatic heterocycles. The molecule has 0 aliphatic heterocycles. The average Bonchev–Trinajstić information content (AvgIpc) is 3.31. The molecule has 0 saturated carbocycles. The second kappa shape index (κ2) is 10.9. The van der Waals surface area contributed by atoms with Gasteiger partial charge in [-0.3, -0.25) is 14.3 Å². The highest BCUT2D eigenvalue weighted by molar-refractivity contribution is 9.11. The van der Waals surface area contributed by atoms with Crippen molar-refractivity contribution in [1.82, 2.24) is 30.6 Å². The van der Waals surface area contributed by atoms with Gasteiger partial charge in [-0.25, -0.2) is 0 Å². The van der Waals surface area contributed by atoms with E-state index in [-0.39, 0.29) is 38.0 Å². The van der Waals surface area contributed by atoms with Gasteiger partial charge in [0.2, 0.25) is 0 Å². The molecule has 10 nitrogen and oxygen atoms in total. The summed E-state index contributed by atoms with van der Waals surface area (Å²) in [6, 6.07) is 5.37. The first-order valence-corrected chi connectivity index (χ1v) is 11.4. The van der Waals surface area contributed by atoms with Crippen molar-refractivity contribution < 1.29 is 18.8 Å². The number of ether oxygens (including phenoxy) is 1. The van der Waals surface area contributed by atoms with Crippen LogP contribution < -0.4 is 15.4 Å². The Morgan fingerprint density at radius 3 is 2.66 bits per heavy atom. The van der Waals surface area contributed by atoms with Gasteiger partial charge in [-0.1, -0.05) is 32.7 Å². The molecule has 0 radical (unpaired) electrons. The maximum Gasteiger partial charge on any atom is 0.316 e. The summed E-state index contributed by atoms with van der Waals surface area (Å²) in [4.78, 5) is 28.1. The van der Waals surface area contributed by atoms with Crippen LogP contribution in [-0.4, -0.2) is 51.4 Å². The second-order valence-corrected chi connectivity index (χ2v) is 8.78. The standard InChI is InChI=1S/C19H19Br2ClN6O4/c1-10-17(22)11(2)28(26-10)8-15-25-19(32-27-15)18(30)24-6-5-23-16(29)9-31-14-4-3-12(20)7-13(14)21/h3-4,7H,5-6,8-9H2,1-2H3,(H,23,29)(H,24,30). The van der Waals surface area contributed by atoms with Gasteiger partial charge in [-0.2, -0.15) is 10.1 Å². The Balaban J connectivity index is 1.39. The number of rotatable bonds is 9. The van der Waals surface area contributed by atoms with Gasteiger partial charge in [0.15, 0.2) is 12.4 Å². The van der Waals surface area contributed by atoms with Crippen LogP contribution in [0.15, 0.2) is 31.7 Å². The lowest BCUT2D eigenvalue weighted by atomic mass is 10.3. The molecule has 0 atom stereocenters. The normalized spacial score (nSPS) is 10.8. The maximum absolute atomic E-state index is 12.2. The van der Waals surface area contributed by atoms with Crippen LogP contribution in [0.2, 0.25) is 5.02 Å². The summed E-state index contributed by atoms with van der Waals surface area (Å²) in [5.41, 5.74) is 1.47. The van der Waals surface area contributed by atoms with Crippen molar-refractivity contribution in [2.45, 2.75) is 20.4 Å². The first-order chi connectivity index (χ1) is 15.2. The van der Waals surface area contributed by atoms with Gasteiger partial charge in [0, 0.05) is 17.6 Å². The summed E-state index contributed by atoms with van der Waals surface area (Å²) < 4.78 is 13.7. The molecule has 170 valence electrons. The third-order valence-corrected chi connectivity index (χ3v) is 5.89. The Labute approximate surface area is 205 Å². The molecule has 13 heteroatoms. The molecule has 2 heterocycles. The first-order valence-electron chi connectivity index (χ1n) is 9.39. The monoisotopic (exact) mass is 588 g/mol. The van der Waals surface area contributed by atoms with Gasteiger partial charge in [0.1, 0.15) is 12.3 Å². The van der Waals surface area contributed by atoms with Crippen molar-refractivity contribution in [2.24, 2.45) is 0 Å². The van der Waals surface area contributed by atoms with Gasteiger partial charge in [-0.15, -0.1) is 0 Å². The number of carbonyl (C=O) groups excluding carboxylic acids is 2. The minimum absolute atomic E-state index is 0.155. The smallest absolute Gasteiger partial charge is 0.316 e. The van der Waals surface area contributed by atoms with Gasteiger partial charge >= 0.3 is 11.8 Å². The molecule has 0 fully saturated rings. The Morgan fingerprint density at radius 2 is 1.97 bits per heavy atom. The number of hydrogen-bond donors (Lipinski definition) is 2. The molecule has 3 aromatic rings. The molecule has 3 rings (SSSR count). The van der Waals surface area contributed by atoms with Gasteiger partial charge in [0.25, 0.3) is 5.91 Å². The van der Waals surface area contributed by atoms with E-state index in [2.05, 4.69) is 57.7 Å². The average molecular weight is 591 g/mol. The summed E-state index contributed by atoms with van der Waals surface area (Å²) in [6.07, 6.45) is 0. The largest absolute Gasteiger partial charge is 0.483 e. The molecule has 2 N–H and O–H groups in total. The van der Waals surface area contributed by atoms with Crippen LogP contribution in [0.3, 0.4) is 0 Å². The highest BCUT2D eigenvalue weighted by Crippen LogP contribution is 2.28. The summed E-state index contributed by atoms with van der Waals surface area (Å²) >= 11 is 12.8. The zero-order valence-electron chi connectivity index (χ0n) is 17.1. The predicted octanol–water partition coefficient (Wildman–Crippen LogP) is 3.03. The number of aromatic nitrogens is 4. The number of aryl methyl sites for hydroxylation is 1. The third kappa shape index (κ3) is 6.30. The lowest BCUT2D eigenvalue weighted by Gasteiger charge is -2.09. The van der Waals surface area contributed by atoms with E-state index >= 15 is 0 Å². The molecule has 32 heavy (non-hydrogen) atoms. The first kappa shape index (κ1) is 24.2. The van der Waals surface area contributed by atoms with Crippen molar-refractivity contribution >= 4 is 55.3 Å². The Morgan fingerprint density at radius 1 is 1.22 bits per heavy atom. The van der Waals surface area contributed by atoms with E-state index in [9.17, 15) is 9.59 Å². The van der Waals surface area contributed by atoms with Crippen LogP contribution in [0.1, 0.15) is 27.9 Å². The van der Waals surface area contributed by atoms with Gasteiger partial charge in [-0.05, 0) is 48.0 Å². The maximum atomic E-state index is 12.2. The summed E-state index contributed by atoms with van der Waals surface area (Å²) in [5, 5.41) is 13.9. The molecule has 0 aliphatic carbocycles. The Kier molecular flexibility index (Phi) is 8.26. The molecule has 0 bridgehead atoms. The van der Waals surface area contributed by atoms with Crippen molar-refractivity contribution in [3.8, 4) is 5.75 Å². The van der Waals surface area contributed by atoms with Crippen molar-refractivity contribution in [3.63, 3.8) is 0 Å². The Bertz CT molecular complexity index is 1130. The number of benzene rings is 1. The second-order valence-electron chi connectivity index (χ2n) is 6.63. The molecule has 2 amide bonds. The fourth-order valence-corrected chi connectivity index (χ4v) is 3.91. The highest BCUT2D eigenvalue weighted by atomic mass is 79.9. The minimum Gasteiger partial charge on any atom is -0.483 e. The molecule has 0 aliphatic rings. The third-order valence-electron chi connectivity index (χ3n) is 4.23. The van der Waals surface area contributed by atoms with Crippen LogP contribution in [0.25, 0.3) is 0 Å². The van der Waals surface area contributed by atoms with Crippen LogP contribution in [-0.2, 0) is 11.3 Å². The quantitative estimate of drug-likeness (QED) is 0.367. The van der Waals surface area contributed by atoms with Crippen LogP contribution in [0.4, 0.5) is 0 Å². The van der Waals surface area contributed by atoms with Gasteiger partial charge < -0.3 is 19.9 Å². The number of halogens is 3. The molecule has 0 unspecified atom stereocenters. The van der Waals surface area contributed by atoms with Crippen molar-refractivity contribution in [2.75, 3.05) is 19.7 Å². The topological polar surface area (TPSA) is 124 Å². The number of nitrogens with one attached hydrogen (secondary N) is 2. The molecule has 1 aromatic carbocycles. The van der Waals surface area contributed by atoms with E-state index in [4.69, 9.17) is 20.9 Å². The summed E-state index contributed by atoms with van der Waals surface area (Å²) in [5.74, 6) is -0.201. The molecular formula is C19H19Br2ClN6O4. The number of hydrogen-bond acceptors (Lipinski definition) is 7. The Hall–Kier alpha value is -2.44. The number of nitrogens with zero attached hydrogens (tertiary/aromatic N) is 4. The van der Waals surface area contributed by atoms with E-state index < -0.39 is 5.91 Å². The lowest BCUT2D eigenvalue weighted by Crippen LogP contribution is -2.36. The van der Waals surface area contributed by atoms with Crippen LogP contribution in [0, 0.1) is 13.8 Å².